The number of hydrogen-bond donors (Lipinski definition) is 2. The Bertz CT molecular complexity index is 1420. The molecule has 1 spiro atoms. The number of carbonyl (C=O) groups is 2. The summed E-state index contributed by atoms with van der Waals surface area (Å²) in [5.41, 5.74) is 3.46. The summed E-state index contributed by atoms with van der Waals surface area (Å²) < 4.78 is 16.1. The van der Waals surface area contributed by atoms with Gasteiger partial charge in [0.1, 0.15) is 10.9 Å². The van der Waals surface area contributed by atoms with Gasteiger partial charge in [0, 0.05) is 33.4 Å². The highest BCUT2D eigenvalue weighted by Gasteiger charge is 2.50. The molecule has 1 amide bonds. The van der Waals surface area contributed by atoms with Crippen molar-refractivity contribution in [2.24, 2.45) is 0 Å². The molecule has 0 radical (unpaired) electrons. The number of ether oxygens (including phenoxy) is 3. The Morgan fingerprint density at radius 1 is 1.24 bits per heavy atom. The van der Waals surface area contributed by atoms with Crippen LogP contribution in [0, 0.1) is 24.0 Å². The van der Waals surface area contributed by atoms with E-state index in [-0.39, 0.29) is 18.6 Å². The van der Waals surface area contributed by atoms with Crippen molar-refractivity contribution in [3.63, 3.8) is 0 Å². The summed E-state index contributed by atoms with van der Waals surface area (Å²) in [6, 6.07) is 9.47. The first-order chi connectivity index (χ1) is 21.5. The second kappa shape index (κ2) is 16.2. The molecule has 1 aromatic heterocycles. The monoisotopic (exact) mass is 643 g/mol. The van der Waals surface area contributed by atoms with E-state index < -0.39 is 16.6 Å². The summed E-state index contributed by atoms with van der Waals surface area (Å²) in [5.74, 6) is 0.630. The number of nitrogens with zero attached hydrogens (tertiary/aromatic N) is 3. The number of methoxy groups -OCH3 is 1. The van der Waals surface area contributed by atoms with Gasteiger partial charge in [-0.1, -0.05) is 41.4 Å². The molecular formula is C32H42ClN5O7. The lowest BCUT2D eigenvalue weighted by Crippen LogP contribution is -2.49. The van der Waals surface area contributed by atoms with Gasteiger partial charge < -0.3 is 29.7 Å². The maximum atomic E-state index is 13.0. The third kappa shape index (κ3) is 9.18. The van der Waals surface area contributed by atoms with E-state index in [0.717, 1.165) is 41.3 Å². The first kappa shape index (κ1) is 35.3. The van der Waals surface area contributed by atoms with Crippen LogP contribution in [0.2, 0.25) is 5.15 Å². The molecule has 2 aliphatic rings. The molecule has 0 atom stereocenters. The van der Waals surface area contributed by atoms with E-state index >= 15 is 0 Å². The fourth-order valence-corrected chi connectivity index (χ4v) is 5.58. The van der Waals surface area contributed by atoms with Crippen molar-refractivity contribution in [3.8, 4) is 0 Å². The lowest BCUT2D eigenvalue weighted by Gasteiger charge is -2.37. The van der Waals surface area contributed by atoms with Crippen LogP contribution in [0.3, 0.4) is 0 Å². The molecule has 1 aromatic carbocycles. The standard InChI is InChI=1S/C21H27NO5.C11H15ClN4O2/c1-5-26-20(24)27-18-17(16-12-13(2)6-7-14(16)3)19(23)22-21(18)10-8-15(25-4)9-11-21;1-3-15(11(13-2)8-16(17)18)7-9-4-5-10(12)14-6-9/h6-7,12,15H,5,8-11H2,1-4H3,(H,22,23);4-6,8,13H,3,7H2,1-2H3/b;11-8+. The average molecular weight is 644 g/mol. The summed E-state index contributed by atoms with van der Waals surface area (Å²) in [5, 5.41) is 16.9. The van der Waals surface area contributed by atoms with Crippen LogP contribution in [0.5, 0.6) is 0 Å². The summed E-state index contributed by atoms with van der Waals surface area (Å²) in [4.78, 5) is 41.0. The molecule has 45 heavy (non-hydrogen) atoms. The number of aromatic nitrogens is 1. The van der Waals surface area contributed by atoms with Crippen LogP contribution in [-0.2, 0) is 25.5 Å². The van der Waals surface area contributed by atoms with E-state index in [1.807, 2.05) is 49.9 Å². The lowest BCUT2D eigenvalue weighted by molar-refractivity contribution is -0.404. The first-order valence-electron chi connectivity index (χ1n) is 14.9. The van der Waals surface area contributed by atoms with Crippen LogP contribution in [0.1, 0.15) is 61.8 Å². The van der Waals surface area contributed by atoms with Gasteiger partial charge in [-0.05, 0) is 76.1 Å². The normalized spacial score (nSPS) is 19.4. The molecular weight excluding hydrogens is 602 g/mol. The number of benzene rings is 1. The van der Waals surface area contributed by atoms with E-state index in [4.69, 9.17) is 25.8 Å². The van der Waals surface area contributed by atoms with Gasteiger partial charge in [0.15, 0.2) is 5.82 Å². The maximum Gasteiger partial charge on any atom is 0.513 e. The van der Waals surface area contributed by atoms with Gasteiger partial charge in [0.05, 0.1) is 28.7 Å². The molecule has 1 saturated carbocycles. The number of halogens is 1. The number of nitrogens with one attached hydrogen (secondary N) is 2. The second-order valence-electron chi connectivity index (χ2n) is 10.8. The van der Waals surface area contributed by atoms with Crippen LogP contribution in [-0.4, -0.2) is 65.8 Å². The van der Waals surface area contributed by atoms with Crippen LogP contribution >= 0.6 is 11.6 Å². The van der Waals surface area contributed by atoms with Gasteiger partial charge in [-0.25, -0.2) is 9.78 Å². The van der Waals surface area contributed by atoms with Gasteiger partial charge in [-0.2, -0.15) is 0 Å². The summed E-state index contributed by atoms with van der Waals surface area (Å²) in [7, 11) is 3.35. The zero-order valence-corrected chi connectivity index (χ0v) is 27.4. The largest absolute Gasteiger partial charge is 0.513 e. The van der Waals surface area contributed by atoms with Crippen molar-refractivity contribution in [1.29, 1.82) is 0 Å². The number of carbonyl (C=O) groups excluding carboxylic acids is 2. The first-order valence-corrected chi connectivity index (χ1v) is 15.2. The van der Waals surface area contributed by atoms with E-state index in [1.54, 1.807) is 33.3 Å². The minimum absolute atomic E-state index is 0.154. The molecule has 0 bridgehead atoms. The summed E-state index contributed by atoms with van der Waals surface area (Å²) in [6.07, 6.45) is 4.86. The number of aryl methyl sites for hydroxylation is 2. The predicted octanol–water partition coefficient (Wildman–Crippen LogP) is 5.50. The zero-order chi connectivity index (χ0) is 33.1. The number of rotatable bonds is 10. The third-order valence-corrected chi connectivity index (χ3v) is 8.06. The predicted molar refractivity (Wildman–Crippen MR) is 171 cm³/mol. The number of nitro groups is 1. The van der Waals surface area contributed by atoms with E-state index in [1.165, 1.54) is 0 Å². The Kier molecular flexibility index (Phi) is 12.7. The maximum absolute atomic E-state index is 13.0. The van der Waals surface area contributed by atoms with Crippen molar-refractivity contribution in [2.75, 3.05) is 27.3 Å². The van der Waals surface area contributed by atoms with Crippen LogP contribution in [0.25, 0.3) is 5.57 Å². The summed E-state index contributed by atoms with van der Waals surface area (Å²) in [6.45, 7) is 8.95. The second-order valence-corrected chi connectivity index (χ2v) is 11.2. The Hall–Kier alpha value is -4.16. The molecule has 1 aliphatic carbocycles. The number of amides is 1. The molecule has 1 fully saturated rings. The molecule has 2 N–H and O–H groups in total. The average Bonchev–Trinajstić information content (AvgIpc) is 3.27. The molecule has 244 valence electrons. The molecule has 0 unspecified atom stereocenters. The lowest BCUT2D eigenvalue weighted by atomic mass is 9.79. The minimum atomic E-state index is -0.778. The molecule has 1 aliphatic heterocycles. The highest BCUT2D eigenvalue weighted by atomic mass is 35.5. The smallest absolute Gasteiger partial charge is 0.434 e. The summed E-state index contributed by atoms with van der Waals surface area (Å²) >= 11 is 5.70. The van der Waals surface area contributed by atoms with E-state index in [0.29, 0.717) is 48.2 Å². The molecule has 2 heterocycles. The van der Waals surface area contributed by atoms with Crippen molar-refractivity contribution < 1.29 is 28.7 Å². The number of hydrogen-bond acceptors (Lipinski definition) is 10. The Morgan fingerprint density at radius 2 is 1.96 bits per heavy atom. The van der Waals surface area contributed by atoms with E-state index in [9.17, 15) is 19.7 Å². The van der Waals surface area contributed by atoms with Gasteiger partial charge in [0.25, 0.3) is 12.1 Å². The van der Waals surface area contributed by atoms with Gasteiger partial charge in [-0.15, -0.1) is 0 Å². The van der Waals surface area contributed by atoms with Crippen molar-refractivity contribution >= 4 is 29.2 Å². The molecule has 13 heteroatoms. The SMILES string of the molecule is CCN(Cc1ccc(Cl)nc1)/C(=C/[N+](=O)[O-])NC.CCOC(=O)OC1=C(c2cc(C)ccc2C)C(=O)NC12CCC(OC)CC2. The fourth-order valence-electron chi connectivity index (χ4n) is 5.47. The molecule has 4 rings (SSSR count). The zero-order valence-electron chi connectivity index (χ0n) is 26.6. The van der Waals surface area contributed by atoms with Crippen molar-refractivity contribution in [2.45, 2.75) is 71.6 Å². The van der Waals surface area contributed by atoms with Crippen LogP contribution in [0.15, 0.2) is 54.3 Å². The Morgan fingerprint density at radius 3 is 2.51 bits per heavy atom. The van der Waals surface area contributed by atoms with Gasteiger partial charge in [-0.3, -0.25) is 14.9 Å². The topological polar surface area (TPSA) is 145 Å². The molecule has 0 saturated heterocycles. The molecule has 2 aromatic rings. The highest BCUT2D eigenvalue weighted by molar-refractivity contribution is 6.29. The van der Waals surface area contributed by atoms with Gasteiger partial charge >= 0.3 is 6.16 Å². The fraction of sp³-hybridized carbons (Fsp3) is 0.469. The van der Waals surface area contributed by atoms with Crippen molar-refractivity contribution in [1.82, 2.24) is 20.5 Å². The Balaban J connectivity index is 0.000000268. The van der Waals surface area contributed by atoms with E-state index in [2.05, 4.69) is 15.6 Å². The van der Waals surface area contributed by atoms with Crippen molar-refractivity contribution in [3.05, 3.63) is 91.8 Å². The quantitative estimate of drug-likeness (QED) is 0.147. The highest BCUT2D eigenvalue weighted by Crippen LogP contribution is 2.44. The Labute approximate surface area is 268 Å². The van der Waals surface area contributed by atoms with Crippen LogP contribution < -0.4 is 10.6 Å². The minimum Gasteiger partial charge on any atom is -0.434 e. The molecule has 12 nitrogen and oxygen atoms in total. The van der Waals surface area contributed by atoms with Crippen LogP contribution in [0.4, 0.5) is 4.79 Å². The number of pyridine rings is 1. The van der Waals surface area contributed by atoms with Gasteiger partial charge in [0.2, 0.25) is 0 Å². The third-order valence-electron chi connectivity index (χ3n) is 7.84.